The fourth-order valence-corrected chi connectivity index (χ4v) is 6.24. The van der Waals surface area contributed by atoms with Gasteiger partial charge >= 0.3 is 0 Å². The maximum atomic E-state index is 10.8. The van der Waals surface area contributed by atoms with Crippen molar-refractivity contribution in [2.24, 2.45) is 27.9 Å². The van der Waals surface area contributed by atoms with Gasteiger partial charge in [0.05, 0.1) is 0 Å². The Bertz CT molecular complexity index is 405. The monoisotopic (exact) mass is 282 g/mol. The number of nitrogens with two attached hydrogens (primary N) is 1. The number of rotatable bonds is 5. The lowest BCUT2D eigenvalue weighted by Gasteiger charge is -2.67. The molecule has 5 atom stereocenters. The zero-order valence-electron chi connectivity index (χ0n) is 12.6. The lowest BCUT2D eigenvalue weighted by molar-refractivity contribution is -0.772. The van der Waals surface area contributed by atoms with Crippen LogP contribution in [0.5, 0.6) is 0 Å². The highest BCUT2D eigenvalue weighted by molar-refractivity contribution is 5.14. The summed E-state index contributed by atoms with van der Waals surface area (Å²) in [6, 6.07) is 0. The lowest BCUT2D eigenvalue weighted by atomic mass is 9.38. The summed E-state index contributed by atoms with van der Waals surface area (Å²) >= 11 is 0. The van der Waals surface area contributed by atoms with Gasteiger partial charge in [0.15, 0.2) is 0 Å². The normalized spacial score (nSPS) is 47.2. The van der Waals surface area contributed by atoms with Crippen LogP contribution in [0, 0.1) is 32.3 Å². The van der Waals surface area contributed by atoms with E-state index in [0.717, 1.165) is 32.2 Å². The molecule has 0 spiro atoms. The molecule has 0 heterocycles. The molecule has 4 saturated carbocycles. The predicted molar refractivity (Wildman–Crippen MR) is 75.4 cm³/mol. The summed E-state index contributed by atoms with van der Waals surface area (Å²) < 4.78 is 0. The van der Waals surface area contributed by atoms with Crippen molar-refractivity contribution in [3.63, 3.8) is 0 Å². The highest BCUT2D eigenvalue weighted by Crippen LogP contribution is 2.71. The molecular weight excluding hydrogens is 256 g/mol. The first-order valence-corrected chi connectivity index (χ1v) is 7.88. The molecule has 20 heavy (non-hydrogen) atoms. The van der Waals surface area contributed by atoms with Gasteiger partial charge in [-0.2, -0.15) is 0 Å². The Morgan fingerprint density at radius 3 is 2.55 bits per heavy atom. The summed E-state index contributed by atoms with van der Waals surface area (Å²) in [7, 11) is 0. The number of nitrogens with zero attached hydrogens (tertiary/aromatic N) is 1. The van der Waals surface area contributed by atoms with E-state index in [0.29, 0.717) is 11.3 Å². The Hall–Kier alpha value is -0.840. The van der Waals surface area contributed by atoms with E-state index >= 15 is 0 Å². The summed E-state index contributed by atoms with van der Waals surface area (Å²) in [6.45, 7) is 4.88. The second kappa shape index (κ2) is 4.33. The minimum atomic E-state index is -0.614. The quantitative estimate of drug-likeness (QED) is 0.621. The Balaban J connectivity index is 1.94. The Morgan fingerprint density at radius 1 is 1.30 bits per heavy atom. The second-order valence-corrected chi connectivity index (χ2v) is 7.90. The van der Waals surface area contributed by atoms with E-state index < -0.39 is 5.09 Å². The van der Waals surface area contributed by atoms with Crippen LogP contribution in [0.1, 0.15) is 58.8 Å². The molecule has 4 fully saturated rings. The minimum Gasteiger partial charge on any atom is -0.330 e. The smallest absolute Gasteiger partial charge is 0.294 e. The van der Waals surface area contributed by atoms with Crippen molar-refractivity contribution in [1.82, 2.24) is 0 Å². The number of hydrogen-bond acceptors (Lipinski definition) is 4. The van der Waals surface area contributed by atoms with Crippen LogP contribution in [0.4, 0.5) is 0 Å². The highest BCUT2D eigenvalue weighted by atomic mass is 17.0. The molecule has 0 aromatic rings. The summed E-state index contributed by atoms with van der Waals surface area (Å²) in [5.41, 5.74) is 6.67. The van der Waals surface area contributed by atoms with Crippen molar-refractivity contribution in [2.45, 2.75) is 64.9 Å². The Labute approximate surface area is 120 Å². The lowest BCUT2D eigenvalue weighted by Crippen LogP contribution is -2.62. The average molecular weight is 282 g/mol. The molecule has 0 aromatic carbocycles. The topological polar surface area (TPSA) is 78.4 Å². The fraction of sp³-hybridized carbons (Fsp3) is 1.00. The van der Waals surface area contributed by atoms with Crippen molar-refractivity contribution >= 4 is 0 Å². The van der Waals surface area contributed by atoms with Crippen molar-refractivity contribution in [3.8, 4) is 0 Å². The van der Waals surface area contributed by atoms with E-state index in [2.05, 4.69) is 6.92 Å². The molecule has 4 bridgehead atoms. The first kappa shape index (κ1) is 14.1. The van der Waals surface area contributed by atoms with Crippen LogP contribution in [0.25, 0.3) is 0 Å². The second-order valence-electron chi connectivity index (χ2n) is 7.90. The van der Waals surface area contributed by atoms with Crippen molar-refractivity contribution in [2.75, 3.05) is 6.54 Å². The van der Waals surface area contributed by atoms with E-state index in [1.165, 1.54) is 19.3 Å². The predicted octanol–water partition coefficient (Wildman–Crippen LogP) is 2.91. The molecule has 5 nitrogen and oxygen atoms in total. The molecular formula is C15H26N2O3. The molecule has 114 valence electrons. The molecule has 0 radical (unpaired) electrons. The van der Waals surface area contributed by atoms with Gasteiger partial charge in [-0.25, -0.2) is 0 Å². The van der Waals surface area contributed by atoms with E-state index in [9.17, 15) is 10.1 Å². The third-order valence-electron chi connectivity index (χ3n) is 6.63. The van der Waals surface area contributed by atoms with Gasteiger partial charge in [-0.3, -0.25) is 0 Å². The van der Waals surface area contributed by atoms with Crippen LogP contribution < -0.4 is 5.73 Å². The van der Waals surface area contributed by atoms with E-state index in [1.807, 2.05) is 6.92 Å². The molecule has 0 saturated heterocycles. The molecule has 4 aliphatic rings. The molecule has 0 aliphatic heterocycles. The third-order valence-corrected chi connectivity index (χ3v) is 6.63. The fourth-order valence-electron chi connectivity index (χ4n) is 6.24. The first-order chi connectivity index (χ1) is 9.37. The molecule has 2 N–H and O–H groups in total. The van der Waals surface area contributed by atoms with Crippen LogP contribution in [-0.2, 0) is 4.84 Å². The van der Waals surface area contributed by atoms with Crippen LogP contribution in [-0.4, -0.2) is 17.7 Å². The van der Waals surface area contributed by atoms with Crippen molar-refractivity contribution in [3.05, 3.63) is 10.1 Å². The molecule has 0 amide bonds. The van der Waals surface area contributed by atoms with Gasteiger partial charge in [-0.1, -0.05) is 13.3 Å². The summed E-state index contributed by atoms with van der Waals surface area (Å²) in [4.78, 5) is 15.8. The highest BCUT2D eigenvalue weighted by Gasteiger charge is 2.64. The summed E-state index contributed by atoms with van der Waals surface area (Å²) in [6.07, 6.45) is 7.78. The van der Waals surface area contributed by atoms with Crippen molar-refractivity contribution < 1.29 is 9.92 Å². The van der Waals surface area contributed by atoms with Crippen LogP contribution >= 0.6 is 0 Å². The maximum absolute atomic E-state index is 10.8. The molecule has 4 rings (SSSR count). The minimum absolute atomic E-state index is 0.0259. The Kier molecular flexibility index (Phi) is 3.05. The molecule has 0 aromatic heterocycles. The number of hydrogen-bond donors (Lipinski definition) is 1. The van der Waals surface area contributed by atoms with Gasteiger partial charge in [-0.15, -0.1) is 10.1 Å². The van der Waals surface area contributed by atoms with E-state index in [4.69, 9.17) is 10.6 Å². The third kappa shape index (κ3) is 1.93. The van der Waals surface area contributed by atoms with Crippen molar-refractivity contribution in [1.29, 1.82) is 0 Å². The maximum Gasteiger partial charge on any atom is 0.294 e. The van der Waals surface area contributed by atoms with Crippen LogP contribution in [0.3, 0.4) is 0 Å². The summed E-state index contributed by atoms with van der Waals surface area (Å²) in [5, 5.41) is 10.1. The molecule has 4 aliphatic carbocycles. The summed E-state index contributed by atoms with van der Waals surface area (Å²) in [5.74, 6) is 0.688. The zero-order valence-corrected chi connectivity index (χ0v) is 12.6. The SMILES string of the molecule is CCC12CC3CC(CN)(C1)CC(C(C)O[N+](=O)[O-])(C3)C2. The van der Waals surface area contributed by atoms with Gasteiger partial charge in [0.25, 0.3) is 5.09 Å². The van der Waals surface area contributed by atoms with Crippen LogP contribution in [0.15, 0.2) is 0 Å². The van der Waals surface area contributed by atoms with Gasteiger partial charge in [0.2, 0.25) is 0 Å². The molecule has 5 unspecified atom stereocenters. The van der Waals surface area contributed by atoms with Gasteiger partial charge in [0, 0.05) is 0 Å². The van der Waals surface area contributed by atoms with Gasteiger partial charge in [0.1, 0.15) is 6.10 Å². The molecule has 5 heteroatoms. The van der Waals surface area contributed by atoms with E-state index in [-0.39, 0.29) is 16.9 Å². The first-order valence-electron chi connectivity index (χ1n) is 7.88. The van der Waals surface area contributed by atoms with Gasteiger partial charge < -0.3 is 10.6 Å². The van der Waals surface area contributed by atoms with Crippen LogP contribution in [0.2, 0.25) is 0 Å². The Morgan fingerprint density at radius 2 is 1.95 bits per heavy atom. The van der Waals surface area contributed by atoms with E-state index in [1.54, 1.807) is 0 Å². The largest absolute Gasteiger partial charge is 0.330 e. The standard InChI is InChI=1S/C15H26N2O3/c1-3-13-4-12-5-14(7-13,10-16)9-15(6-12,8-13)11(2)20-17(18)19/h11-12H,3-10,16H2,1-2H3. The average Bonchev–Trinajstić information content (AvgIpc) is 2.36. The zero-order chi connectivity index (χ0) is 14.6. The van der Waals surface area contributed by atoms with Gasteiger partial charge in [-0.05, 0) is 74.2 Å².